The van der Waals surface area contributed by atoms with Gasteiger partial charge in [0.2, 0.25) is 0 Å². The number of aliphatic imine (C=N–C) groups is 1. The van der Waals surface area contributed by atoms with Crippen molar-refractivity contribution in [2.75, 3.05) is 22.1 Å². The van der Waals surface area contributed by atoms with Crippen LogP contribution in [0.3, 0.4) is 0 Å². The Bertz CT molecular complexity index is 1490. The Kier molecular flexibility index (Phi) is 8.41. The van der Waals surface area contributed by atoms with Gasteiger partial charge in [-0.15, -0.1) is 0 Å². The minimum absolute atomic E-state index is 0.197. The van der Waals surface area contributed by atoms with Crippen molar-refractivity contribution in [1.29, 1.82) is 0 Å². The summed E-state index contributed by atoms with van der Waals surface area (Å²) in [5, 5.41) is 5.85. The third-order valence-corrected chi connectivity index (χ3v) is 6.56. The van der Waals surface area contributed by atoms with Crippen LogP contribution in [0.5, 0.6) is 0 Å². The van der Waals surface area contributed by atoms with E-state index >= 15 is 0 Å². The fourth-order valence-corrected chi connectivity index (χ4v) is 4.04. The maximum Gasteiger partial charge on any atom is 0.255 e. The van der Waals surface area contributed by atoms with Gasteiger partial charge in [0, 0.05) is 33.9 Å². The summed E-state index contributed by atoms with van der Waals surface area (Å²) in [5.74, 6) is -0.184. The van der Waals surface area contributed by atoms with Crippen LogP contribution < -0.4 is 22.1 Å². The van der Waals surface area contributed by atoms with Crippen molar-refractivity contribution in [1.82, 2.24) is 0 Å². The highest BCUT2D eigenvalue weighted by Gasteiger charge is 2.14. The van der Waals surface area contributed by atoms with Crippen LogP contribution in [0, 0.1) is 12.8 Å². The second kappa shape index (κ2) is 12.1. The predicted octanol–water partition coefficient (Wildman–Crippen LogP) is 6.83. The van der Waals surface area contributed by atoms with Crippen LogP contribution in [0.1, 0.15) is 52.1 Å². The number of amides is 2. The third kappa shape index (κ3) is 6.90. The van der Waals surface area contributed by atoms with Gasteiger partial charge in [-0.05, 0) is 109 Å². The summed E-state index contributed by atoms with van der Waals surface area (Å²) in [5.41, 5.74) is 18.8. The van der Waals surface area contributed by atoms with Gasteiger partial charge in [0.15, 0.2) is 0 Å². The molecule has 0 radical (unpaired) electrons. The molecule has 2 amide bonds. The Morgan fingerprint density at radius 1 is 0.718 bits per heavy atom. The van der Waals surface area contributed by atoms with Crippen molar-refractivity contribution in [2.24, 2.45) is 10.9 Å². The van der Waals surface area contributed by atoms with Crippen molar-refractivity contribution in [2.45, 2.75) is 27.2 Å². The standard InChI is InChI=1S/C32H33N5O2/c1-4-20(2)30(22-9-15-27(16-10-22)35-31(38)23-5-11-25(33)12-6-23)37-29-18-17-28(19-21(29)3)36-32(39)24-7-13-26(34)14-8-24/h5-20H,4,33-34H2,1-3H3,(H,35,38)(H,36,39). The molecule has 4 aromatic carbocycles. The lowest BCUT2D eigenvalue weighted by Crippen LogP contribution is -2.14. The summed E-state index contributed by atoms with van der Waals surface area (Å²) < 4.78 is 0. The van der Waals surface area contributed by atoms with Crippen LogP contribution in [0.25, 0.3) is 0 Å². The molecular formula is C32H33N5O2. The molecule has 0 fully saturated rings. The first-order valence-corrected chi connectivity index (χ1v) is 12.9. The number of nitrogens with zero attached hydrogens (tertiary/aromatic N) is 1. The van der Waals surface area contributed by atoms with E-state index in [0.717, 1.165) is 28.9 Å². The maximum atomic E-state index is 12.6. The van der Waals surface area contributed by atoms with Gasteiger partial charge in [0.1, 0.15) is 0 Å². The average molecular weight is 520 g/mol. The Balaban J connectivity index is 1.52. The van der Waals surface area contributed by atoms with Gasteiger partial charge in [0.05, 0.1) is 11.4 Å². The molecule has 0 spiro atoms. The number of carbonyl (C=O) groups is 2. The smallest absolute Gasteiger partial charge is 0.255 e. The first kappa shape index (κ1) is 27.1. The van der Waals surface area contributed by atoms with Gasteiger partial charge in [-0.25, -0.2) is 0 Å². The van der Waals surface area contributed by atoms with E-state index in [1.54, 1.807) is 48.5 Å². The minimum Gasteiger partial charge on any atom is -0.399 e. The van der Waals surface area contributed by atoms with E-state index in [1.165, 1.54) is 0 Å². The SMILES string of the molecule is CCC(C)C(=Nc1ccc(NC(=O)c2ccc(N)cc2)cc1C)c1ccc(NC(=O)c2ccc(N)cc2)cc1. The number of nitrogens with two attached hydrogens (primary N) is 2. The normalized spacial score (nSPS) is 12.0. The zero-order valence-electron chi connectivity index (χ0n) is 22.4. The summed E-state index contributed by atoms with van der Waals surface area (Å²) in [6.07, 6.45) is 0.920. The van der Waals surface area contributed by atoms with Gasteiger partial charge >= 0.3 is 0 Å². The van der Waals surface area contributed by atoms with E-state index in [9.17, 15) is 9.59 Å². The summed E-state index contributed by atoms with van der Waals surface area (Å²) in [6.45, 7) is 6.25. The van der Waals surface area contributed by atoms with Crippen molar-refractivity contribution in [3.63, 3.8) is 0 Å². The Hall–Kier alpha value is -4.91. The van der Waals surface area contributed by atoms with Gasteiger partial charge in [-0.1, -0.05) is 26.0 Å². The predicted molar refractivity (Wildman–Crippen MR) is 161 cm³/mol. The lowest BCUT2D eigenvalue weighted by molar-refractivity contribution is 0.101. The van der Waals surface area contributed by atoms with Crippen LogP contribution in [-0.2, 0) is 0 Å². The molecule has 6 N–H and O–H groups in total. The largest absolute Gasteiger partial charge is 0.399 e. The molecule has 0 aromatic heterocycles. The van der Waals surface area contributed by atoms with Crippen molar-refractivity contribution >= 4 is 46.0 Å². The molecule has 0 aliphatic rings. The van der Waals surface area contributed by atoms with E-state index in [4.69, 9.17) is 16.5 Å². The van der Waals surface area contributed by atoms with Crippen LogP contribution in [-0.4, -0.2) is 17.5 Å². The number of nitrogen functional groups attached to an aromatic ring is 2. The molecule has 0 aliphatic heterocycles. The third-order valence-electron chi connectivity index (χ3n) is 6.56. The monoisotopic (exact) mass is 519 g/mol. The fourth-order valence-electron chi connectivity index (χ4n) is 4.04. The number of carbonyl (C=O) groups excluding carboxylic acids is 2. The second-order valence-corrected chi connectivity index (χ2v) is 9.54. The summed E-state index contributed by atoms with van der Waals surface area (Å²) in [7, 11) is 0. The molecule has 198 valence electrons. The molecule has 1 unspecified atom stereocenters. The highest BCUT2D eigenvalue weighted by molar-refractivity contribution is 6.07. The van der Waals surface area contributed by atoms with Gasteiger partial charge < -0.3 is 22.1 Å². The number of hydrogen-bond donors (Lipinski definition) is 4. The molecular weight excluding hydrogens is 486 g/mol. The summed E-state index contributed by atoms with van der Waals surface area (Å²) in [6, 6.07) is 27.0. The van der Waals surface area contributed by atoms with E-state index in [1.807, 2.05) is 49.4 Å². The molecule has 39 heavy (non-hydrogen) atoms. The van der Waals surface area contributed by atoms with Crippen LogP contribution >= 0.6 is 0 Å². The van der Waals surface area contributed by atoms with Crippen molar-refractivity contribution in [3.05, 3.63) is 113 Å². The molecule has 1 atom stereocenters. The van der Waals surface area contributed by atoms with E-state index in [2.05, 4.69) is 24.5 Å². The number of benzene rings is 4. The second-order valence-electron chi connectivity index (χ2n) is 9.54. The summed E-state index contributed by atoms with van der Waals surface area (Å²) in [4.78, 5) is 30.2. The molecule has 0 bridgehead atoms. The number of nitrogens with one attached hydrogen (secondary N) is 2. The molecule has 0 saturated carbocycles. The number of aryl methyl sites for hydroxylation is 1. The molecule has 4 rings (SSSR count). The first-order valence-electron chi connectivity index (χ1n) is 12.9. The Morgan fingerprint density at radius 2 is 1.18 bits per heavy atom. The quantitative estimate of drug-likeness (QED) is 0.150. The molecule has 4 aromatic rings. The van der Waals surface area contributed by atoms with Crippen LogP contribution in [0.4, 0.5) is 28.4 Å². The maximum absolute atomic E-state index is 12.6. The van der Waals surface area contributed by atoms with E-state index in [-0.39, 0.29) is 17.7 Å². The van der Waals surface area contributed by atoms with Crippen LogP contribution in [0.15, 0.2) is 96.0 Å². The zero-order valence-corrected chi connectivity index (χ0v) is 22.4. The van der Waals surface area contributed by atoms with Gasteiger partial charge in [-0.2, -0.15) is 0 Å². The minimum atomic E-state index is -0.200. The molecule has 0 aliphatic carbocycles. The lowest BCUT2D eigenvalue weighted by atomic mass is 9.95. The Morgan fingerprint density at radius 3 is 1.67 bits per heavy atom. The molecule has 0 saturated heterocycles. The number of anilines is 4. The average Bonchev–Trinajstić information content (AvgIpc) is 2.93. The van der Waals surface area contributed by atoms with Crippen molar-refractivity contribution < 1.29 is 9.59 Å². The molecule has 7 nitrogen and oxygen atoms in total. The zero-order chi connectivity index (χ0) is 27.9. The number of hydrogen-bond acceptors (Lipinski definition) is 5. The first-order chi connectivity index (χ1) is 18.7. The summed E-state index contributed by atoms with van der Waals surface area (Å²) >= 11 is 0. The van der Waals surface area contributed by atoms with Crippen molar-refractivity contribution in [3.8, 4) is 0 Å². The highest BCUT2D eigenvalue weighted by Crippen LogP contribution is 2.27. The highest BCUT2D eigenvalue weighted by atomic mass is 16.2. The number of rotatable bonds is 8. The molecule has 0 heterocycles. The van der Waals surface area contributed by atoms with E-state index in [0.29, 0.717) is 33.9 Å². The van der Waals surface area contributed by atoms with Gasteiger partial charge in [-0.3, -0.25) is 14.6 Å². The molecule has 7 heteroatoms. The van der Waals surface area contributed by atoms with E-state index < -0.39 is 0 Å². The Labute approximate surface area is 229 Å². The van der Waals surface area contributed by atoms with Crippen LogP contribution in [0.2, 0.25) is 0 Å². The lowest BCUT2D eigenvalue weighted by Gasteiger charge is -2.16. The topological polar surface area (TPSA) is 123 Å². The van der Waals surface area contributed by atoms with Gasteiger partial charge in [0.25, 0.3) is 11.8 Å². The fraction of sp³-hybridized carbons (Fsp3) is 0.156.